The van der Waals surface area contributed by atoms with Gasteiger partial charge in [-0.3, -0.25) is 14.4 Å². The predicted octanol–water partition coefficient (Wildman–Crippen LogP) is 3.08. The summed E-state index contributed by atoms with van der Waals surface area (Å²) in [6.45, 7) is 3.84. The Kier molecular flexibility index (Phi) is 6.64. The maximum Gasteiger partial charge on any atom is 0.276 e. The number of nitrogens with zero attached hydrogens (tertiary/aromatic N) is 2. The summed E-state index contributed by atoms with van der Waals surface area (Å²) in [5.41, 5.74) is 3.09. The number of nitrogens with one attached hydrogen (secondary N) is 2. The van der Waals surface area contributed by atoms with E-state index in [9.17, 15) is 14.4 Å². The highest BCUT2D eigenvalue weighted by molar-refractivity contribution is 6.31. The number of halogens is 1. The zero-order valence-electron chi connectivity index (χ0n) is 16.6. The van der Waals surface area contributed by atoms with E-state index < -0.39 is 17.4 Å². The van der Waals surface area contributed by atoms with Crippen molar-refractivity contribution < 1.29 is 9.59 Å². The predicted molar refractivity (Wildman–Crippen MR) is 116 cm³/mol. The minimum atomic E-state index is -0.481. The number of anilines is 1. The molecule has 0 aliphatic heterocycles. The Labute approximate surface area is 178 Å². The van der Waals surface area contributed by atoms with Gasteiger partial charge in [0.15, 0.2) is 0 Å². The standard InChI is InChI=1S/C22H21ClN4O3/c1-14-7-8-17(11-15(14)2)25-22(30)19-9-10-21(29)27(26-19)13-20(28)24-12-16-5-3-4-6-18(16)23/h3-11H,12-13H2,1-2H3,(H,24,28)(H,25,30). The Bertz CT molecular complexity index is 1160. The number of aryl methyl sites for hydroxylation is 2. The molecular formula is C22H21ClN4O3. The van der Waals surface area contributed by atoms with Gasteiger partial charge in [0, 0.05) is 23.3 Å². The zero-order valence-corrected chi connectivity index (χ0v) is 17.4. The minimum absolute atomic E-state index is 0.0340. The molecule has 0 saturated heterocycles. The van der Waals surface area contributed by atoms with Crippen molar-refractivity contribution in [2.24, 2.45) is 0 Å². The Morgan fingerprint density at radius 3 is 2.53 bits per heavy atom. The van der Waals surface area contributed by atoms with Crippen molar-refractivity contribution in [2.45, 2.75) is 26.9 Å². The molecule has 3 rings (SSSR count). The molecule has 0 atom stereocenters. The molecule has 1 aromatic heterocycles. The fourth-order valence-electron chi connectivity index (χ4n) is 2.73. The quantitative estimate of drug-likeness (QED) is 0.636. The summed E-state index contributed by atoms with van der Waals surface area (Å²) < 4.78 is 0.956. The van der Waals surface area contributed by atoms with Crippen LogP contribution < -0.4 is 16.2 Å². The van der Waals surface area contributed by atoms with E-state index in [0.717, 1.165) is 21.4 Å². The molecule has 0 aliphatic rings. The molecule has 2 amide bonds. The molecule has 2 N–H and O–H groups in total. The molecule has 7 nitrogen and oxygen atoms in total. The third-order valence-electron chi connectivity index (χ3n) is 4.59. The van der Waals surface area contributed by atoms with Gasteiger partial charge in [0.25, 0.3) is 11.5 Å². The summed E-state index contributed by atoms with van der Waals surface area (Å²) in [6.07, 6.45) is 0. The van der Waals surface area contributed by atoms with Crippen LogP contribution >= 0.6 is 11.6 Å². The molecule has 0 fully saturated rings. The first-order chi connectivity index (χ1) is 14.3. The number of aromatic nitrogens is 2. The lowest BCUT2D eigenvalue weighted by atomic mass is 10.1. The summed E-state index contributed by atoms with van der Waals surface area (Å²) >= 11 is 6.07. The largest absolute Gasteiger partial charge is 0.350 e. The van der Waals surface area contributed by atoms with E-state index in [2.05, 4.69) is 15.7 Å². The van der Waals surface area contributed by atoms with Crippen LogP contribution in [0.1, 0.15) is 27.2 Å². The fourth-order valence-corrected chi connectivity index (χ4v) is 2.93. The Hall–Kier alpha value is -3.45. The van der Waals surface area contributed by atoms with Crippen LogP contribution in [0.5, 0.6) is 0 Å². The lowest BCUT2D eigenvalue weighted by Crippen LogP contribution is -2.34. The van der Waals surface area contributed by atoms with Gasteiger partial charge in [-0.1, -0.05) is 35.9 Å². The second kappa shape index (κ2) is 9.37. The van der Waals surface area contributed by atoms with E-state index in [1.54, 1.807) is 24.3 Å². The average molecular weight is 425 g/mol. The normalized spacial score (nSPS) is 10.5. The van der Waals surface area contributed by atoms with Crippen molar-refractivity contribution in [3.8, 4) is 0 Å². The molecular weight excluding hydrogens is 404 g/mol. The van der Waals surface area contributed by atoms with Gasteiger partial charge in [0.05, 0.1) is 0 Å². The summed E-state index contributed by atoms with van der Waals surface area (Å²) in [5.74, 6) is -0.889. The van der Waals surface area contributed by atoms with E-state index in [-0.39, 0.29) is 18.8 Å². The van der Waals surface area contributed by atoms with Gasteiger partial charge in [0.2, 0.25) is 5.91 Å². The van der Waals surface area contributed by atoms with Crippen molar-refractivity contribution >= 4 is 29.1 Å². The molecule has 0 saturated carbocycles. The van der Waals surface area contributed by atoms with Gasteiger partial charge < -0.3 is 10.6 Å². The van der Waals surface area contributed by atoms with Gasteiger partial charge in [-0.25, -0.2) is 4.68 Å². The van der Waals surface area contributed by atoms with E-state index in [1.807, 2.05) is 32.0 Å². The molecule has 0 radical (unpaired) electrons. The number of rotatable bonds is 6. The third-order valence-corrected chi connectivity index (χ3v) is 4.96. The molecule has 0 spiro atoms. The maximum atomic E-state index is 12.5. The average Bonchev–Trinajstić information content (AvgIpc) is 2.71. The first-order valence-electron chi connectivity index (χ1n) is 9.30. The number of carbonyl (C=O) groups excluding carboxylic acids is 2. The molecule has 8 heteroatoms. The van der Waals surface area contributed by atoms with Crippen LogP contribution in [0.3, 0.4) is 0 Å². The summed E-state index contributed by atoms with van der Waals surface area (Å²) in [5, 5.41) is 10.0. The lowest BCUT2D eigenvalue weighted by Gasteiger charge is -2.10. The van der Waals surface area contributed by atoms with Crippen LogP contribution in [0.25, 0.3) is 0 Å². The van der Waals surface area contributed by atoms with Crippen LogP contribution in [-0.2, 0) is 17.9 Å². The topological polar surface area (TPSA) is 93.1 Å². The summed E-state index contributed by atoms with van der Waals surface area (Å²) in [7, 11) is 0. The van der Waals surface area contributed by atoms with Crippen LogP contribution in [-0.4, -0.2) is 21.6 Å². The van der Waals surface area contributed by atoms with Crippen molar-refractivity contribution in [1.82, 2.24) is 15.1 Å². The highest BCUT2D eigenvalue weighted by Crippen LogP contribution is 2.15. The van der Waals surface area contributed by atoms with E-state index in [4.69, 9.17) is 11.6 Å². The molecule has 0 unspecified atom stereocenters. The minimum Gasteiger partial charge on any atom is -0.350 e. The number of hydrogen-bond donors (Lipinski definition) is 2. The number of benzene rings is 2. The Morgan fingerprint density at radius 1 is 1.03 bits per heavy atom. The van der Waals surface area contributed by atoms with Crippen LogP contribution in [0.4, 0.5) is 5.69 Å². The van der Waals surface area contributed by atoms with Gasteiger partial charge >= 0.3 is 0 Å². The summed E-state index contributed by atoms with van der Waals surface area (Å²) in [6, 6.07) is 15.2. The monoisotopic (exact) mass is 424 g/mol. The molecule has 0 aliphatic carbocycles. The highest BCUT2D eigenvalue weighted by atomic mass is 35.5. The Morgan fingerprint density at radius 2 is 1.80 bits per heavy atom. The van der Waals surface area contributed by atoms with E-state index in [0.29, 0.717) is 10.7 Å². The number of hydrogen-bond acceptors (Lipinski definition) is 4. The van der Waals surface area contributed by atoms with Gasteiger partial charge in [-0.05, 0) is 54.8 Å². The Balaban J connectivity index is 1.67. The van der Waals surface area contributed by atoms with Crippen molar-refractivity contribution in [1.29, 1.82) is 0 Å². The van der Waals surface area contributed by atoms with Crippen LogP contribution in [0, 0.1) is 13.8 Å². The van der Waals surface area contributed by atoms with Crippen molar-refractivity contribution in [2.75, 3.05) is 5.32 Å². The van der Waals surface area contributed by atoms with Crippen LogP contribution in [0.2, 0.25) is 5.02 Å². The van der Waals surface area contributed by atoms with Crippen molar-refractivity contribution in [3.63, 3.8) is 0 Å². The molecule has 2 aromatic carbocycles. The number of amides is 2. The summed E-state index contributed by atoms with van der Waals surface area (Å²) in [4.78, 5) is 36.8. The number of carbonyl (C=O) groups is 2. The van der Waals surface area contributed by atoms with Crippen molar-refractivity contribution in [3.05, 3.63) is 92.4 Å². The van der Waals surface area contributed by atoms with Crippen LogP contribution in [0.15, 0.2) is 59.4 Å². The SMILES string of the molecule is Cc1ccc(NC(=O)c2ccc(=O)n(CC(=O)NCc3ccccc3Cl)n2)cc1C. The molecule has 3 aromatic rings. The molecule has 0 bridgehead atoms. The lowest BCUT2D eigenvalue weighted by molar-refractivity contribution is -0.122. The van der Waals surface area contributed by atoms with Gasteiger partial charge in [-0.2, -0.15) is 5.10 Å². The smallest absolute Gasteiger partial charge is 0.276 e. The first-order valence-corrected chi connectivity index (χ1v) is 9.68. The second-order valence-electron chi connectivity index (χ2n) is 6.84. The molecule has 1 heterocycles. The van der Waals surface area contributed by atoms with E-state index in [1.165, 1.54) is 12.1 Å². The third kappa shape index (κ3) is 5.33. The first kappa shape index (κ1) is 21.3. The van der Waals surface area contributed by atoms with Gasteiger partial charge in [-0.15, -0.1) is 0 Å². The van der Waals surface area contributed by atoms with E-state index >= 15 is 0 Å². The zero-order chi connectivity index (χ0) is 21.7. The fraction of sp³-hybridized carbons (Fsp3) is 0.182. The van der Waals surface area contributed by atoms with Gasteiger partial charge in [0.1, 0.15) is 12.2 Å². The molecule has 30 heavy (non-hydrogen) atoms. The highest BCUT2D eigenvalue weighted by Gasteiger charge is 2.13. The second-order valence-corrected chi connectivity index (χ2v) is 7.24. The maximum absolute atomic E-state index is 12.5. The molecule has 154 valence electrons.